The number of aliphatic hydroxyl groups excluding tert-OH is 1. The standard InChI is InChI=1S/C14H23NO2/c1-2-3-4-7-10-17-14-9-6-5-8-12(14)13(16)11-15/h5-6,8-9,13,16H,2-4,7,10-11,15H2,1H3. The molecule has 0 aliphatic rings. The van der Waals surface area contributed by atoms with Gasteiger partial charge in [-0.15, -0.1) is 0 Å². The number of ether oxygens (including phenoxy) is 1. The van der Waals surface area contributed by atoms with E-state index >= 15 is 0 Å². The molecule has 3 nitrogen and oxygen atoms in total. The van der Waals surface area contributed by atoms with Crippen LogP contribution in [0.5, 0.6) is 5.75 Å². The Kier molecular flexibility index (Phi) is 6.67. The molecule has 3 N–H and O–H groups in total. The topological polar surface area (TPSA) is 55.5 Å². The largest absolute Gasteiger partial charge is 0.493 e. The zero-order chi connectivity index (χ0) is 12.5. The molecule has 0 aliphatic carbocycles. The first-order valence-corrected chi connectivity index (χ1v) is 6.39. The van der Waals surface area contributed by atoms with Crippen molar-refractivity contribution in [3.8, 4) is 5.75 Å². The fraction of sp³-hybridized carbons (Fsp3) is 0.571. The first kappa shape index (κ1) is 14.0. The van der Waals surface area contributed by atoms with Gasteiger partial charge >= 0.3 is 0 Å². The maximum Gasteiger partial charge on any atom is 0.125 e. The Balaban J connectivity index is 2.46. The minimum Gasteiger partial charge on any atom is -0.493 e. The summed E-state index contributed by atoms with van der Waals surface area (Å²) in [5, 5.41) is 9.75. The number of para-hydroxylation sites is 1. The second-order valence-corrected chi connectivity index (χ2v) is 4.20. The SMILES string of the molecule is CCCCCCOc1ccccc1C(O)CN. The monoisotopic (exact) mass is 237 g/mol. The van der Waals surface area contributed by atoms with E-state index < -0.39 is 6.10 Å². The van der Waals surface area contributed by atoms with E-state index in [9.17, 15) is 5.11 Å². The quantitative estimate of drug-likeness (QED) is 0.683. The minimum atomic E-state index is -0.637. The van der Waals surface area contributed by atoms with Gasteiger partial charge in [0.15, 0.2) is 0 Å². The average molecular weight is 237 g/mol. The molecule has 1 unspecified atom stereocenters. The summed E-state index contributed by atoms with van der Waals surface area (Å²) >= 11 is 0. The maximum atomic E-state index is 9.75. The van der Waals surface area contributed by atoms with E-state index in [-0.39, 0.29) is 6.54 Å². The van der Waals surface area contributed by atoms with Gasteiger partial charge in [-0.05, 0) is 12.5 Å². The van der Waals surface area contributed by atoms with E-state index in [0.717, 1.165) is 17.7 Å². The van der Waals surface area contributed by atoms with Gasteiger partial charge < -0.3 is 15.6 Å². The summed E-state index contributed by atoms with van der Waals surface area (Å²) in [6.45, 7) is 3.11. The highest BCUT2D eigenvalue weighted by Gasteiger charge is 2.10. The van der Waals surface area contributed by atoms with E-state index in [1.54, 1.807) is 0 Å². The Morgan fingerprint density at radius 1 is 1.24 bits per heavy atom. The molecule has 1 aromatic rings. The van der Waals surface area contributed by atoms with Gasteiger partial charge in [0.1, 0.15) is 5.75 Å². The van der Waals surface area contributed by atoms with Crippen LogP contribution in [0.3, 0.4) is 0 Å². The van der Waals surface area contributed by atoms with Crippen LogP contribution in [0.1, 0.15) is 44.3 Å². The molecule has 0 aliphatic heterocycles. The van der Waals surface area contributed by atoms with Crippen molar-refractivity contribution in [2.24, 2.45) is 5.73 Å². The molecule has 0 saturated heterocycles. The molecule has 17 heavy (non-hydrogen) atoms. The zero-order valence-corrected chi connectivity index (χ0v) is 10.6. The smallest absolute Gasteiger partial charge is 0.125 e. The van der Waals surface area contributed by atoms with Crippen molar-refractivity contribution < 1.29 is 9.84 Å². The predicted molar refractivity (Wildman–Crippen MR) is 70.1 cm³/mol. The van der Waals surface area contributed by atoms with Crippen molar-refractivity contribution in [3.05, 3.63) is 29.8 Å². The molecule has 0 heterocycles. The summed E-state index contributed by atoms with van der Waals surface area (Å²) in [6, 6.07) is 7.54. The molecule has 1 rings (SSSR count). The summed E-state index contributed by atoms with van der Waals surface area (Å²) < 4.78 is 5.69. The lowest BCUT2D eigenvalue weighted by atomic mass is 10.1. The highest BCUT2D eigenvalue weighted by molar-refractivity contribution is 5.35. The van der Waals surface area contributed by atoms with E-state index in [1.165, 1.54) is 19.3 Å². The van der Waals surface area contributed by atoms with Crippen molar-refractivity contribution >= 4 is 0 Å². The minimum absolute atomic E-state index is 0.218. The van der Waals surface area contributed by atoms with Crippen LogP contribution < -0.4 is 10.5 Å². The van der Waals surface area contributed by atoms with Crippen LogP contribution in [0.15, 0.2) is 24.3 Å². The number of benzene rings is 1. The van der Waals surface area contributed by atoms with Gasteiger partial charge in [-0.2, -0.15) is 0 Å². The number of rotatable bonds is 8. The Hall–Kier alpha value is -1.06. The van der Waals surface area contributed by atoms with Gasteiger partial charge in [-0.3, -0.25) is 0 Å². The van der Waals surface area contributed by atoms with Gasteiger partial charge in [0, 0.05) is 12.1 Å². The Morgan fingerprint density at radius 3 is 2.71 bits per heavy atom. The first-order valence-electron chi connectivity index (χ1n) is 6.39. The second kappa shape index (κ2) is 8.09. The lowest BCUT2D eigenvalue weighted by Gasteiger charge is -2.14. The van der Waals surface area contributed by atoms with Crippen LogP contribution in [0.25, 0.3) is 0 Å². The number of hydrogen-bond acceptors (Lipinski definition) is 3. The summed E-state index contributed by atoms with van der Waals surface area (Å²) in [5.41, 5.74) is 6.24. The highest BCUT2D eigenvalue weighted by atomic mass is 16.5. The molecule has 0 bridgehead atoms. The van der Waals surface area contributed by atoms with Gasteiger partial charge in [-0.1, -0.05) is 44.4 Å². The number of hydrogen-bond donors (Lipinski definition) is 2. The molecule has 96 valence electrons. The summed E-state index contributed by atoms with van der Waals surface area (Å²) in [4.78, 5) is 0. The van der Waals surface area contributed by atoms with Crippen LogP contribution in [0.2, 0.25) is 0 Å². The highest BCUT2D eigenvalue weighted by Crippen LogP contribution is 2.24. The van der Waals surface area contributed by atoms with E-state index in [4.69, 9.17) is 10.5 Å². The van der Waals surface area contributed by atoms with Crippen molar-refractivity contribution in [3.63, 3.8) is 0 Å². The lowest BCUT2D eigenvalue weighted by molar-refractivity contribution is 0.179. The average Bonchev–Trinajstić information content (AvgIpc) is 2.38. The molecule has 0 spiro atoms. The number of nitrogens with two attached hydrogens (primary N) is 1. The summed E-state index contributed by atoms with van der Waals surface area (Å²) in [5.74, 6) is 0.752. The predicted octanol–water partition coefficient (Wildman–Crippen LogP) is 2.64. The van der Waals surface area contributed by atoms with Crippen LogP contribution >= 0.6 is 0 Å². The van der Waals surface area contributed by atoms with Crippen molar-refractivity contribution in [1.29, 1.82) is 0 Å². The van der Waals surface area contributed by atoms with Gasteiger partial charge in [0.25, 0.3) is 0 Å². The Morgan fingerprint density at radius 2 is 2.00 bits per heavy atom. The molecule has 3 heteroatoms. The summed E-state index contributed by atoms with van der Waals surface area (Å²) in [6.07, 6.45) is 4.08. The van der Waals surface area contributed by atoms with Crippen LogP contribution in [-0.4, -0.2) is 18.3 Å². The van der Waals surface area contributed by atoms with Crippen LogP contribution in [-0.2, 0) is 0 Å². The third-order valence-corrected chi connectivity index (χ3v) is 2.76. The third-order valence-electron chi connectivity index (χ3n) is 2.76. The normalized spacial score (nSPS) is 12.4. The molecule has 0 aromatic heterocycles. The molecular weight excluding hydrogens is 214 g/mol. The first-order chi connectivity index (χ1) is 8.29. The Bertz CT molecular complexity index is 315. The lowest BCUT2D eigenvalue weighted by Crippen LogP contribution is -2.13. The van der Waals surface area contributed by atoms with E-state index in [0.29, 0.717) is 6.61 Å². The van der Waals surface area contributed by atoms with Gasteiger partial charge in [-0.25, -0.2) is 0 Å². The van der Waals surface area contributed by atoms with E-state index in [1.807, 2.05) is 24.3 Å². The van der Waals surface area contributed by atoms with Gasteiger partial charge in [0.2, 0.25) is 0 Å². The maximum absolute atomic E-state index is 9.75. The van der Waals surface area contributed by atoms with Crippen molar-refractivity contribution in [2.75, 3.05) is 13.2 Å². The Labute approximate surface area is 104 Å². The fourth-order valence-corrected chi connectivity index (χ4v) is 1.73. The third kappa shape index (κ3) is 4.75. The molecular formula is C14H23NO2. The summed E-state index contributed by atoms with van der Waals surface area (Å²) in [7, 11) is 0. The second-order valence-electron chi connectivity index (χ2n) is 4.20. The zero-order valence-electron chi connectivity index (χ0n) is 10.6. The van der Waals surface area contributed by atoms with Crippen LogP contribution in [0.4, 0.5) is 0 Å². The van der Waals surface area contributed by atoms with Crippen molar-refractivity contribution in [1.82, 2.24) is 0 Å². The fourth-order valence-electron chi connectivity index (χ4n) is 1.73. The van der Waals surface area contributed by atoms with Crippen molar-refractivity contribution in [2.45, 2.75) is 38.7 Å². The molecule has 0 fully saturated rings. The van der Waals surface area contributed by atoms with Crippen LogP contribution in [0, 0.1) is 0 Å². The number of aliphatic hydroxyl groups is 1. The number of unbranched alkanes of at least 4 members (excludes halogenated alkanes) is 3. The molecule has 1 atom stereocenters. The van der Waals surface area contributed by atoms with E-state index in [2.05, 4.69) is 6.92 Å². The van der Waals surface area contributed by atoms with Gasteiger partial charge in [0.05, 0.1) is 12.7 Å². The molecule has 0 radical (unpaired) electrons. The molecule has 0 amide bonds. The molecule has 0 saturated carbocycles. The molecule has 1 aromatic carbocycles.